The number of nitrogens with one attached hydrogen (secondary N) is 3. The zero-order valence-electron chi connectivity index (χ0n) is 19.8. The number of nitrogen functional groups attached to an aromatic ring is 1. The fourth-order valence-electron chi connectivity index (χ4n) is 4.31. The quantitative estimate of drug-likeness (QED) is 0.322. The number of fused-ring (bicyclic) bond motifs is 1. The summed E-state index contributed by atoms with van der Waals surface area (Å²) < 4.78 is 26.8. The zero-order valence-corrected chi connectivity index (χ0v) is 20.6. The molecule has 1 fully saturated rings. The van der Waals surface area contributed by atoms with E-state index in [4.69, 9.17) is 5.73 Å². The first-order valence-electron chi connectivity index (χ1n) is 11.9. The Morgan fingerprint density at radius 2 is 1.56 bits per heavy atom. The summed E-state index contributed by atoms with van der Waals surface area (Å²) in [7, 11) is -3.26. The lowest BCUT2D eigenvalue weighted by Gasteiger charge is -2.31. The Bertz CT molecular complexity index is 977. The average Bonchev–Trinajstić information content (AvgIpc) is 2.75. The van der Waals surface area contributed by atoms with Crippen molar-refractivity contribution < 1.29 is 8.42 Å². The van der Waals surface area contributed by atoms with Crippen molar-refractivity contribution in [1.29, 1.82) is 0 Å². The fourth-order valence-corrected chi connectivity index (χ4v) is 5.34. The Labute approximate surface area is 193 Å². The van der Waals surface area contributed by atoms with Gasteiger partial charge in [0.15, 0.2) is 0 Å². The monoisotopic (exact) mass is 460 g/mol. The summed E-state index contributed by atoms with van der Waals surface area (Å²) in [6.45, 7) is 9.06. The van der Waals surface area contributed by atoms with Gasteiger partial charge < -0.3 is 16.4 Å². The highest BCUT2D eigenvalue weighted by Gasteiger charge is 2.32. The van der Waals surface area contributed by atoms with Gasteiger partial charge in [-0.2, -0.15) is 0 Å². The minimum Gasteiger partial charge on any atom is -0.398 e. The maximum absolute atomic E-state index is 12.3. The molecule has 7 heteroatoms. The molecule has 6 nitrogen and oxygen atoms in total. The molecule has 2 aromatic carbocycles. The molecule has 0 saturated heterocycles. The lowest BCUT2D eigenvalue weighted by molar-refractivity contribution is 0.302. The van der Waals surface area contributed by atoms with Gasteiger partial charge in [-0.25, -0.2) is 13.1 Å². The Kier molecular flexibility index (Phi) is 8.55. The van der Waals surface area contributed by atoms with Crippen LogP contribution in [0.1, 0.15) is 52.0 Å². The molecule has 0 bridgehead atoms. The van der Waals surface area contributed by atoms with E-state index in [-0.39, 0.29) is 6.04 Å². The van der Waals surface area contributed by atoms with E-state index in [0.29, 0.717) is 5.92 Å². The van der Waals surface area contributed by atoms with Crippen LogP contribution >= 0.6 is 0 Å². The van der Waals surface area contributed by atoms with Gasteiger partial charge >= 0.3 is 0 Å². The van der Waals surface area contributed by atoms with Crippen LogP contribution in [0.2, 0.25) is 0 Å². The normalized spacial score (nSPS) is 20.0. The first-order chi connectivity index (χ1) is 15.2. The van der Waals surface area contributed by atoms with Crippen molar-refractivity contribution in [2.45, 2.75) is 63.7 Å². The van der Waals surface area contributed by atoms with Crippen molar-refractivity contribution in [2.75, 3.05) is 31.9 Å². The Balaban J connectivity index is 1.29. The second kappa shape index (κ2) is 11.0. The molecule has 0 amide bonds. The average molecular weight is 461 g/mol. The molecule has 1 saturated carbocycles. The topological polar surface area (TPSA) is 96.2 Å². The van der Waals surface area contributed by atoms with Gasteiger partial charge in [0.1, 0.15) is 0 Å². The van der Waals surface area contributed by atoms with E-state index in [1.807, 2.05) is 12.1 Å². The molecule has 3 rings (SSSR count). The van der Waals surface area contributed by atoms with E-state index < -0.39 is 14.8 Å². The second-order valence-corrected chi connectivity index (χ2v) is 12.5. The SMILES string of the molecule is CC(C)(C)S(=O)(=O)NC1CCC(CNCCNCCc2ccc(N)c3ccccc23)CC1. The molecule has 5 N–H and O–H groups in total. The third-order valence-corrected chi connectivity index (χ3v) is 8.76. The van der Waals surface area contributed by atoms with Crippen LogP contribution in [0.15, 0.2) is 36.4 Å². The van der Waals surface area contributed by atoms with E-state index in [0.717, 1.165) is 69.4 Å². The lowest BCUT2D eigenvalue weighted by atomic mass is 9.86. The van der Waals surface area contributed by atoms with Crippen molar-refractivity contribution in [1.82, 2.24) is 15.4 Å². The molecule has 1 aliphatic rings. The Hall–Kier alpha value is -1.67. The summed E-state index contributed by atoms with van der Waals surface area (Å²) in [5, 5.41) is 9.46. The largest absolute Gasteiger partial charge is 0.398 e. The van der Waals surface area contributed by atoms with Gasteiger partial charge in [-0.15, -0.1) is 0 Å². The summed E-state index contributed by atoms with van der Waals surface area (Å²) in [6, 6.07) is 12.5. The van der Waals surface area contributed by atoms with Gasteiger partial charge in [-0.3, -0.25) is 0 Å². The van der Waals surface area contributed by atoms with Gasteiger partial charge in [-0.1, -0.05) is 30.3 Å². The van der Waals surface area contributed by atoms with Crippen molar-refractivity contribution in [2.24, 2.45) is 5.92 Å². The molecule has 0 heterocycles. The van der Waals surface area contributed by atoms with Gasteiger partial charge in [0, 0.05) is 30.2 Å². The zero-order chi connectivity index (χ0) is 23.2. The van der Waals surface area contributed by atoms with E-state index >= 15 is 0 Å². The predicted molar refractivity (Wildman–Crippen MR) is 135 cm³/mol. The Morgan fingerprint density at radius 1 is 0.906 bits per heavy atom. The first kappa shape index (κ1) is 25.0. The molecule has 0 atom stereocenters. The van der Waals surface area contributed by atoms with Crippen molar-refractivity contribution in [3.8, 4) is 0 Å². The minimum atomic E-state index is -3.26. The fraction of sp³-hybridized carbons (Fsp3) is 0.600. The first-order valence-corrected chi connectivity index (χ1v) is 13.3. The highest BCUT2D eigenvalue weighted by molar-refractivity contribution is 7.90. The number of nitrogens with two attached hydrogens (primary N) is 1. The molecule has 0 spiro atoms. The molecule has 0 unspecified atom stereocenters. The number of hydrogen-bond acceptors (Lipinski definition) is 5. The minimum absolute atomic E-state index is 0.0848. The smallest absolute Gasteiger partial charge is 0.216 e. The number of sulfonamides is 1. The predicted octanol–water partition coefficient (Wildman–Crippen LogP) is 3.42. The standard InChI is InChI=1S/C25H40N4O2S/c1-25(2,3)32(30,31)29-21-11-8-19(9-12-21)18-28-17-16-27-15-14-20-10-13-24(26)23-7-5-4-6-22(20)23/h4-7,10,13,19,21,27-29H,8-9,11-12,14-18,26H2,1-3H3. The lowest BCUT2D eigenvalue weighted by Crippen LogP contribution is -2.46. The van der Waals surface area contributed by atoms with E-state index in [1.54, 1.807) is 20.8 Å². The molecular weight excluding hydrogens is 420 g/mol. The van der Waals surface area contributed by atoms with Crippen LogP contribution in [0.5, 0.6) is 0 Å². The van der Waals surface area contributed by atoms with Crippen LogP contribution in [0.3, 0.4) is 0 Å². The molecule has 2 aromatic rings. The molecule has 178 valence electrons. The number of benzene rings is 2. The molecule has 1 aliphatic carbocycles. The maximum Gasteiger partial charge on any atom is 0.216 e. The van der Waals surface area contributed by atoms with Crippen LogP contribution in [-0.4, -0.2) is 45.4 Å². The van der Waals surface area contributed by atoms with E-state index in [9.17, 15) is 8.42 Å². The van der Waals surface area contributed by atoms with Gasteiger partial charge in [0.05, 0.1) is 4.75 Å². The highest BCUT2D eigenvalue weighted by atomic mass is 32.2. The van der Waals surface area contributed by atoms with Gasteiger partial charge in [0.25, 0.3) is 0 Å². The van der Waals surface area contributed by atoms with E-state index in [2.05, 4.69) is 39.6 Å². The summed E-state index contributed by atoms with van der Waals surface area (Å²) in [6.07, 6.45) is 4.98. The number of rotatable bonds is 10. The molecule has 32 heavy (non-hydrogen) atoms. The van der Waals surface area contributed by atoms with Crippen molar-refractivity contribution in [3.63, 3.8) is 0 Å². The van der Waals surface area contributed by atoms with E-state index in [1.165, 1.54) is 10.9 Å². The Morgan fingerprint density at radius 3 is 2.25 bits per heavy atom. The molecule has 0 aromatic heterocycles. The number of hydrogen-bond donors (Lipinski definition) is 4. The van der Waals surface area contributed by atoms with Crippen LogP contribution in [0, 0.1) is 5.92 Å². The summed E-state index contributed by atoms with van der Waals surface area (Å²) in [4.78, 5) is 0. The molecule has 0 radical (unpaired) electrons. The summed E-state index contributed by atoms with van der Waals surface area (Å²) in [5.74, 6) is 0.631. The van der Waals surface area contributed by atoms with Crippen molar-refractivity contribution >= 4 is 26.5 Å². The molecular formula is C25H40N4O2S. The second-order valence-electron chi connectivity index (χ2n) is 10.0. The third kappa shape index (κ3) is 6.67. The van der Waals surface area contributed by atoms with Gasteiger partial charge in [-0.05, 0) is 88.9 Å². The third-order valence-electron chi connectivity index (χ3n) is 6.51. The molecule has 0 aliphatic heterocycles. The number of anilines is 1. The van der Waals surface area contributed by atoms with Crippen LogP contribution in [-0.2, 0) is 16.4 Å². The van der Waals surface area contributed by atoms with Crippen molar-refractivity contribution in [3.05, 3.63) is 42.0 Å². The van der Waals surface area contributed by atoms with Gasteiger partial charge in [0.2, 0.25) is 10.0 Å². The van der Waals surface area contributed by atoms with Crippen LogP contribution in [0.25, 0.3) is 10.8 Å². The van der Waals surface area contributed by atoms with Crippen LogP contribution < -0.4 is 21.1 Å². The van der Waals surface area contributed by atoms with Crippen LogP contribution in [0.4, 0.5) is 5.69 Å². The highest BCUT2D eigenvalue weighted by Crippen LogP contribution is 2.26. The summed E-state index contributed by atoms with van der Waals surface area (Å²) in [5.41, 5.74) is 8.26. The maximum atomic E-state index is 12.3. The summed E-state index contributed by atoms with van der Waals surface area (Å²) >= 11 is 0.